The van der Waals surface area contributed by atoms with Crippen molar-refractivity contribution in [3.05, 3.63) is 28.6 Å². The number of thiophene rings is 1. The van der Waals surface area contributed by atoms with Crippen LogP contribution in [0.15, 0.2) is 23.1 Å². The van der Waals surface area contributed by atoms with Gasteiger partial charge in [0.25, 0.3) is 0 Å². The van der Waals surface area contributed by atoms with Crippen LogP contribution in [0, 0.1) is 0 Å². The summed E-state index contributed by atoms with van der Waals surface area (Å²) in [6.07, 6.45) is 2.02. The topological polar surface area (TPSA) is 26.3 Å². The van der Waals surface area contributed by atoms with Crippen molar-refractivity contribution in [1.29, 1.82) is 0 Å². The van der Waals surface area contributed by atoms with Crippen LogP contribution in [0.4, 0.5) is 0 Å². The number of esters is 1. The van der Waals surface area contributed by atoms with E-state index in [1.807, 2.05) is 18.4 Å². The Kier molecular flexibility index (Phi) is 4.54. The third-order valence-corrected chi connectivity index (χ3v) is 5.15. The van der Waals surface area contributed by atoms with E-state index in [1.165, 1.54) is 0 Å². The molecule has 0 atom stereocenters. The van der Waals surface area contributed by atoms with E-state index in [1.54, 1.807) is 36.1 Å². The molecule has 1 aromatic heterocycles. The summed E-state index contributed by atoms with van der Waals surface area (Å²) >= 11 is 9.28. The minimum absolute atomic E-state index is 0.273. The van der Waals surface area contributed by atoms with Crippen LogP contribution in [-0.2, 0) is 10.6 Å². The molecule has 0 N–H and O–H groups in total. The Balaban J connectivity index is 2.52. The number of thioether (sulfide) groups is 1. The van der Waals surface area contributed by atoms with Gasteiger partial charge in [-0.25, -0.2) is 4.79 Å². The molecule has 0 bridgehead atoms. The van der Waals surface area contributed by atoms with Gasteiger partial charge < -0.3 is 4.74 Å². The van der Waals surface area contributed by atoms with E-state index in [-0.39, 0.29) is 5.97 Å². The average molecular weight is 301 g/mol. The molecule has 0 unspecified atom stereocenters. The first-order valence-electron chi connectivity index (χ1n) is 5.53. The van der Waals surface area contributed by atoms with Gasteiger partial charge in [-0.1, -0.05) is 0 Å². The van der Waals surface area contributed by atoms with Gasteiger partial charge in [0.2, 0.25) is 0 Å². The maximum Gasteiger partial charge on any atom is 0.338 e. The molecule has 0 aliphatic heterocycles. The number of benzene rings is 1. The normalized spacial score (nSPS) is 10.8. The molecular formula is C13H13ClO2S2. The van der Waals surface area contributed by atoms with Crippen molar-refractivity contribution >= 4 is 50.8 Å². The second kappa shape index (κ2) is 5.95. The van der Waals surface area contributed by atoms with Crippen LogP contribution < -0.4 is 0 Å². The van der Waals surface area contributed by atoms with Gasteiger partial charge in [0.15, 0.2) is 0 Å². The Hall–Kier alpha value is -0.710. The monoisotopic (exact) mass is 300 g/mol. The Morgan fingerprint density at radius 3 is 2.89 bits per heavy atom. The number of carbonyl (C=O) groups is 1. The summed E-state index contributed by atoms with van der Waals surface area (Å²) in [5.74, 6) is 0.231. The van der Waals surface area contributed by atoms with Crippen LogP contribution in [-0.4, -0.2) is 18.8 Å². The predicted octanol–water partition coefficient (Wildman–Crippen LogP) is 4.54. The van der Waals surface area contributed by atoms with Crippen molar-refractivity contribution in [3.8, 4) is 0 Å². The first kappa shape index (κ1) is 13.7. The molecule has 2 aromatic rings. The van der Waals surface area contributed by atoms with E-state index in [0.717, 1.165) is 19.9 Å². The molecule has 0 fully saturated rings. The fourth-order valence-corrected chi connectivity index (χ4v) is 4.21. The molecule has 0 amide bonds. The highest BCUT2D eigenvalue weighted by Crippen LogP contribution is 2.38. The van der Waals surface area contributed by atoms with Gasteiger partial charge in [-0.2, -0.15) is 0 Å². The van der Waals surface area contributed by atoms with E-state index in [9.17, 15) is 4.79 Å². The molecule has 96 valence electrons. The standard InChI is InChI=1S/C13H13ClO2S2/c1-3-16-13(15)8-4-5-10-9(6-8)12(17-2)11(7-14)18-10/h4-6H,3,7H2,1-2H3. The SMILES string of the molecule is CCOC(=O)c1ccc2sc(CCl)c(SC)c2c1. The molecular weight excluding hydrogens is 288 g/mol. The molecule has 0 saturated carbocycles. The number of rotatable bonds is 4. The van der Waals surface area contributed by atoms with Crippen LogP contribution in [0.25, 0.3) is 10.1 Å². The summed E-state index contributed by atoms with van der Waals surface area (Å²) in [6.45, 7) is 2.20. The molecule has 0 saturated heterocycles. The number of halogens is 1. The summed E-state index contributed by atoms with van der Waals surface area (Å²) in [5.41, 5.74) is 0.596. The molecule has 1 aromatic carbocycles. The highest BCUT2D eigenvalue weighted by Gasteiger charge is 2.14. The summed E-state index contributed by atoms with van der Waals surface area (Å²) in [7, 11) is 0. The van der Waals surface area contributed by atoms with Crippen molar-refractivity contribution in [1.82, 2.24) is 0 Å². The van der Waals surface area contributed by atoms with Gasteiger partial charge in [-0.3, -0.25) is 0 Å². The Morgan fingerprint density at radius 2 is 2.28 bits per heavy atom. The van der Waals surface area contributed by atoms with Crippen LogP contribution >= 0.6 is 34.7 Å². The van der Waals surface area contributed by atoms with Gasteiger partial charge in [-0.05, 0) is 31.4 Å². The number of alkyl halides is 1. The molecule has 1 heterocycles. The van der Waals surface area contributed by atoms with Crippen LogP contribution in [0.5, 0.6) is 0 Å². The van der Waals surface area contributed by atoms with Gasteiger partial charge in [-0.15, -0.1) is 34.7 Å². The molecule has 0 aliphatic carbocycles. The first-order chi connectivity index (χ1) is 8.71. The lowest BCUT2D eigenvalue weighted by Crippen LogP contribution is -2.03. The van der Waals surface area contributed by atoms with Gasteiger partial charge in [0.1, 0.15) is 0 Å². The highest BCUT2D eigenvalue weighted by molar-refractivity contribution is 7.99. The lowest BCUT2D eigenvalue weighted by molar-refractivity contribution is 0.0526. The van der Waals surface area contributed by atoms with E-state index in [4.69, 9.17) is 16.3 Å². The predicted molar refractivity (Wildman–Crippen MR) is 79.1 cm³/mol. The minimum atomic E-state index is -0.273. The fraction of sp³-hybridized carbons (Fsp3) is 0.308. The molecule has 5 heteroatoms. The highest BCUT2D eigenvalue weighted by atomic mass is 35.5. The third-order valence-electron chi connectivity index (χ3n) is 2.55. The fourth-order valence-electron chi connectivity index (χ4n) is 1.78. The van der Waals surface area contributed by atoms with E-state index >= 15 is 0 Å². The van der Waals surface area contributed by atoms with Crippen molar-refractivity contribution < 1.29 is 9.53 Å². The number of ether oxygens (including phenoxy) is 1. The Labute approximate surface area is 119 Å². The summed E-state index contributed by atoms with van der Waals surface area (Å²) < 4.78 is 6.17. The zero-order valence-electron chi connectivity index (χ0n) is 10.2. The van der Waals surface area contributed by atoms with Crippen LogP contribution in [0.3, 0.4) is 0 Å². The smallest absolute Gasteiger partial charge is 0.338 e. The van der Waals surface area contributed by atoms with Crippen molar-refractivity contribution in [2.75, 3.05) is 12.9 Å². The summed E-state index contributed by atoms with van der Waals surface area (Å²) in [4.78, 5) is 14.0. The lowest BCUT2D eigenvalue weighted by atomic mass is 10.1. The largest absolute Gasteiger partial charge is 0.462 e. The second-order valence-electron chi connectivity index (χ2n) is 3.62. The second-order valence-corrected chi connectivity index (χ2v) is 5.84. The van der Waals surface area contributed by atoms with Crippen molar-refractivity contribution in [2.24, 2.45) is 0 Å². The minimum Gasteiger partial charge on any atom is -0.462 e. The number of fused-ring (bicyclic) bond motifs is 1. The molecule has 18 heavy (non-hydrogen) atoms. The zero-order chi connectivity index (χ0) is 13.1. The van der Waals surface area contributed by atoms with Crippen LogP contribution in [0.2, 0.25) is 0 Å². The van der Waals surface area contributed by atoms with Crippen LogP contribution in [0.1, 0.15) is 22.2 Å². The maximum absolute atomic E-state index is 11.7. The first-order valence-corrected chi connectivity index (χ1v) is 8.11. The average Bonchev–Trinajstić information content (AvgIpc) is 2.75. The summed E-state index contributed by atoms with van der Waals surface area (Å²) in [5, 5.41) is 1.09. The lowest BCUT2D eigenvalue weighted by Gasteiger charge is -2.02. The molecule has 0 radical (unpaired) electrons. The molecule has 0 spiro atoms. The number of carbonyl (C=O) groups excluding carboxylic acids is 1. The Morgan fingerprint density at radius 1 is 1.50 bits per heavy atom. The van der Waals surface area contributed by atoms with Gasteiger partial charge in [0.05, 0.1) is 18.1 Å². The number of hydrogen-bond acceptors (Lipinski definition) is 4. The zero-order valence-corrected chi connectivity index (χ0v) is 12.5. The van der Waals surface area contributed by atoms with Crippen molar-refractivity contribution in [3.63, 3.8) is 0 Å². The summed E-state index contributed by atoms with van der Waals surface area (Å²) in [6, 6.07) is 5.66. The van der Waals surface area contributed by atoms with Crippen molar-refractivity contribution in [2.45, 2.75) is 17.7 Å². The Bertz CT molecular complexity index is 578. The van der Waals surface area contributed by atoms with E-state index in [0.29, 0.717) is 18.1 Å². The van der Waals surface area contributed by atoms with E-state index < -0.39 is 0 Å². The third kappa shape index (κ3) is 2.51. The quantitative estimate of drug-likeness (QED) is 0.471. The number of hydrogen-bond donors (Lipinski definition) is 0. The molecule has 0 aliphatic rings. The maximum atomic E-state index is 11.7. The van der Waals surface area contributed by atoms with E-state index in [2.05, 4.69) is 0 Å². The molecule has 2 rings (SSSR count). The van der Waals surface area contributed by atoms with Gasteiger partial charge >= 0.3 is 5.97 Å². The molecule has 2 nitrogen and oxygen atoms in total. The van der Waals surface area contributed by atoms with Gasteiger partial charge in [0, 0.05) is 19.9 Å².